The van der Waals surface area contributed by atoms with E-state index in [2.05, 4.69) is 14.0 Å². The van der Waals surface area contributed by atoms with Gasteiger partial charge in [0.05, 0.1) is 26.8 Å². The van der Waals surface area contributed by atoms with Crippen molar-refractivity contribution in [3.05, 3.63) is 24.3 Å². The number of quaternary nitrogens is 2. The van der Waals surface area contributed by atoms with Crippen LogP contribution in [0.5, 0.6) is 11.5 Å². The summed E-state index contributed by atoms with van der Waals surface area (Å²) in [5.41, 5.74) is 0. The first kappa shape index (κ1) is 18.1. The largest absolute Gasteiger partial charge is 0.494 e. The Hall–Kier alpha value is -1.26. The highest BCUT2D eigenvalue weighted by Crippen LogP contribution is 2.18. The van der Waals surface area contributed by atoms with Crippen molar-refractivity contribution in [1.82, 2.24) is 0 Å². The van der Waals surface area contributed by atoms with Crippen LogP contribution in [0.15, 0.2) is 24.3 Å². The van der Waals surface area contributed by atoms with Gasteiger partial charge >= 0.3 is 0 Å². The molecule has 1 fully saturated rings. The Balaban J connectivity index is 1.54. The van der Waals surface area contributed by atoms with Crippen molar-refractivity contribution in [2.45, 2.75) is 32.6 Å². The Bertz CT molecular complexity index is 414. The van der Waals surface area contributed by atoms with Crippen LogP contribution in [-0.2, 0) is 0 Å². The lowest BCUT2D eigenvalue weighted by molar-refractivity contribution is -1.00. The molecule has 0 aliphatic carbocycles. The van der Waals surface area contributed by atoms with Gasteiger partial charge in [0, 0.05) is 0 Å². The minimum Gasteiger partial charge on any atom is -0.494 e. The molecule has 0 unspecified atom stereocenters. The quantitative estimate of drug-likeness (QED) is 0.612. The summed E-state index contributed by atoms with van der Waals surface area (Å²) in [4.78, 5) is 3.45. The zero-order valence-electron chi connectivity index (χ0n) is 14.9. The fourth-order valence-electron chi connectivity index (χ4n) is 2.91. The van der Waals surface area contributed by atoms with Crippen molar-refractivity contribution in [3.63, 3.8) is 0 Å². The van der Waals surface area contributed by atoms with Crippen LogP contribution in [0.3, 0.4) is 0 Å². The lowest BCUT2D eigenvalue weighted by Crippen LogP contribution is -3.27. The smallest absolute Gasteiger partial charge is 0.127 e. The van der Waals surface area contributed by atoms with E-state index >= 15 is 0 Å². The Morgan fingerprint density at radius 3 is 1.96 bits per heavy atom. The number of nitrogens with one attached hydrogen (secondary N) is 2. The summed E-state index contributed by atoms with van der Waals surface area (Å²) in [5, 5.41) is 0. The summed E-state index contributed by atoms with van der Waals surface area (Å²) >= 11 is 0. The summed E-state index contributed by atoms with van der Waals surface area (Å²) in [6.07, 6.45) is 4.67. The molecule has 2 rings (SSSR count). The van der Waals surface area contributed by atoms with Gasteiger partial charge in [-0.3, -0.25) is 0 Å². The lowest BCUT2D eigenvalue weighted by atomic mass is 10.2. The van der Waals surface area contributed by atoms with E-state index in [-0.39, 0.29) is 0 Å². The number of likely N-dealkylation sites (N-methyl/N-ethyl adjacent to an activating group) is 1. The van der Waals surface area contributed by atoms with E-state index in [1.807, 2.05) is 24.3 Å². The third-order valence-corrected chi connectivity index (χ3v) is 4.59. The van der Waals surface area contributed by atoms with Crippen molar-refractivity contribution in [3.8, 4) is 11.5 Å². The van der Waals surface area contributed by atoms with Gasteiger partial charge in [0.15, 0.2) is 0 Å². The van der Waals surface area contributed by atoms with Crippen molar-refractivity contribution in [1.29, 1.82) is 0 Å². The monoisotopic (exact) mass is 322 g/mol. The molecule has 1 heterocycles. The maximum atomic E-state index is 5.82. The number of hydrogen-bond donors (Lipinski definition) is 2. The van der Waals surface area contributed by atoms with Crippen molar-refractivity contribution in [2.24, 2.45) is 0 Å². The van der Waals surface area contributed by atoms with Crippen molar-refractivity contribution in [2.75, 3.05) is 53.0 Å². The number of rotatable bonds is 10. The topological polar surface area (TPSA) is 27.3 Å². The molecule has 2 N–H and O–H groups in total. The zero-order valence-corrected chi connectivity index (χ0v) is 14.9. The van der Waals surface area contributed by atoms with Gasteiger partial charge in [0.1, 0.15) is 37.7 Å². The third kappa shape index (κ3) is 7.23. The molecule has 4 nitrogen and oxygen atoms in total. The number of unbranched alkanes of at least 4 members (excludes halogenated alkanes) is 2. The van der Waals surface area contributed by atoms with Crippen LogP contribution < -0.4 is 19.3 Å². The molecule has 0 aromatic heterocycles. The molecular formula is C19H34N2O2+2. The summed E-state index contributed by atoms with van der Waals surface area (Å²) in [6, 6.07) is 8.02. The highest BCUT2D eigenvalue weighted by molar-refractivity contribution is 5.31. The molecule has 1 aliphatic rings. The second-order valence-electron chi connectivity index (χ2n) is 6.69. The lowest BCUT2D eigenvalue weighted by Gasteiger charge is -2.27. The predicted octanol–water partition coefficient (Wildman–Crippen LogP) is 0.438. The number of ether oxygens (including phenoxy) is 2. The van der Waals surface area contributed by atoms with E-state index in [0.717, 1.165) is 44.0 Å². The van der Waals surface area contributed by atoms with Crippen LogP contribution in [0.4, 0.5) is 0 Å². The molecule has 0 amide bonds. The van der Waals surface area contributed by atoms with Crippen LogP contribution in [0.2, 0.25) is 0 Å². The highest BCUT2D eigenvalue weighted by atomic mass is 16.5. The summed E-state index contributed by atoms with van der Waals surface area (Å²) in [7, 11) is 2.30. The van der Waals surface area contributed by atoms with E-state index in [1.165, 1.54) is 39.1 Å². The second kappa shape index (κ2) is 10.5. The average molecular weight is 322 g/mol. The van der Waals surface area contributed by atoms with Gasteiger partial charge in [-0.15, -0.1) is 0 Å². The van der Waals surface area contributed by atoms with Gasteiger partial charge in [0.2, 0.25) is 0 Å². The van der Waals surface area contributed by atoms with E-state index < -0.39 is 0 Å². The minimum atomic E-state index is 0.798. The fourth-order valence-corrected chi connectivity index (χ4v) is 2.91. The zero-order chi connectivity index (χ0) is 16.3. The number of benzene rings is 1. The van der Waals surface area contributed by atoms with E-state index in [0.29, 0.717) is 0 Å². The molecule has 1 aromatic rings. The van der Waals surface area contributed by atoms with Crippen LogP contribution in [0.1, 0.15) is 32.6 Å². The molecule has 0 bridgehead atoms. The Kier molecular flexibility index (Phi) is 8.26. The van der Waals surface area contributed by atoms with Crippen LogP contribution >= 0.6 is 0 Å². The van der Waals surface area contributed by atoms with E-state index in [4.69, 9.17) is 9.47 Å². The number of piperazine rings is 1. The van der Waals surface area contributed by atoms with Gasteiger partial charge in [-0.2, -0.15) is 0 Å². The highest BCUT2D eigenvalue weighted by Gasteiger charge is 2.18. The fraction of sp³-hybridized carbons (Fsp3) is 0.684. The normalized spacial score (nSPS) is 21.1. The van der Waals surface area contributed by atoms with Crippen molar-refractivity contribution >= 4 is 0 Å². The summed E-state index contributed by atoms with van der Waals surface area (Å²) in [6.45, 7) is 10.4. The van der Waals surface area contributed by atoms with Gasteiger partial charge < -0.3 is 19.3 Å². The van der Waals surface area contributed by atoms with Gasteiger partial charge in [0.25, 0.3) is 0 Å². The molecule has 0 spiro atoms. The molecule has 130 valence electrons. The molecule has 1 saturated heterocycles. The molecule has 0 radical (unpaired) electrons. The maximum Gasteiger partial charge on any atom is 0.127 e. The minimum absolute atomic E-state index is 0.798. The van der Waals surface area contributed by atoms with E-state index in [9.17, 15) is 0 Å². The first-order valence-electron chi connectivity index (χ1n) is 9.28. The third-order valence-electron chi connectivity index (χ3n) is 4.59. The van der Waals surface area contributed by atoms with Crippen LogP contribution in [-0.4, -0.2) is 53.0 Å². The molecule has 1 aromatic carbocycles. The predicted molar refractivity (Wildman–Crippen MR) is 93.8 cm³/mol. The maximum absolute atomic E-state index is 5.82. The van der Waals surface area contributed by atoms with Crippen LogP contribution in [0.25, 0.3) is 0 Å². The standard InChI is InChI=1S/C19H32N2O2/c1-3-4-16-22-18-7-9-19(10-8-18)23-17-6-5-11-21-14-12-20(2)13-15-21/h7-10H,3-6,11-17H2,1-2H3/p+2. The Labute approximate surface area is 141 Å². The molecular weight excluding hydrogens is 288 g/mol. The first-order chi connectivity index (χ1) is 11.3. The van der Waals surface area contributed by atoms with Gasteiger partial charge in [-0.25, -0.2) is 0 Å². The molecule has 0 saturated carbocycles. The molecule has 0 atom stereocenters. The summed E-state index contributed by atoms with van der Waals surface area (Å²) in [5.74, 6) is 1.88. The first-order valence-corrected chi connectivity index (χ1v) is 9.28. The van der Waals surface area contributed by atoms with Crippen molar-refractivity contribution < 1.29 is 19.3 Å². The molecule has 4 heteroatoms. The Morgan fingerprint density at radius 2 is 1.39 bits per heavy atom. The summed E-state index contributed by atoms with van der Waals surface area (Å²) < 4.78 is 11.5. The van der Waals surface area contributed by atoms with Gasteiger partial charge in [-0.1, -0.05) is 13.3 Å². The molecule has 23 heavy (non-hydrogen) atoms. The van der Waals surface area contributed by atoms with E-state index in [1.54, 1.807) is 9.80 Å². The second-order valence-corrected chi connectivity index (χ2v) is 6.69. The Morgan fingerprint density at radius 1 is 0.826 bits per heavy atom. The molecule has 1 aliphatic heterocycles. The number of hydrogen-bond acceptors (Lipinski definition) is 2. The van der Waals surface area contributed by atoms with Crippen LogP contribution in [0, 0.1) is 0 Å². The average Bonchev–Trinajstić information content (AvgIpc) is 2.58. The van der Waals surface area contributed by atoms with Gasteiger partial charge in [-0.05, 0) is 43.5 Å². The SMILES string of the molecule is CCCCOc1ccc(OCCCC[NH+]2CC[NH+](C)CC2)cc1.